The van der Waals surface area contributed by atoms with Crippen LogP contribution in [0.2, 0.25) is 0 Å². The summed E-state index contributed by atoms with van der Waals surface area (Å²) in [5, 5.41) is 8.91. The number of rotatable bonds is 7. The highest BCUT2D eigenvalue weighted by Gasteiger charge is 2.16. The molecule has 0 saturated heterocycles. The van der Waals surface area contributed by atoms with Crippen LogP contribution in [0.25, 0.3) is 0 Å². The van der Waals surface area contributed by atoms with Crippen LogP contribution in [0.1, 0.15) is 41.8 Å². The van der Waals surface area contributed by atoms with E-state index in [1.807, 2.05) is 32.0 Å². The summed E-state index contributed by atoms with van der Waals surface area (Å²) >= 11 is 0. The third kappa shape index (κ3) is 4.77. The van der Waals surface area contributed by atoms with Gasteiger partial charge in [0.05, 0.1) is 6.54 Å². The minimum atomic E-state index is 0.157. The van der Waals surface area contributed by atoms with Crippen molar-refractivity contribution in [2.45, 2.75) is 40.2 Å². The van der Waals surface area contributed by atoms with Gasteiger partial charge >= 0.3 is 0 Å². The average Bonchev–Trinajstić information content (AvgIpc) is 2.33. The maximum atomic E-state index is 12.4. The first-order valence-electron chi connectivity index (χ1n) is 6.91. The second kappa shape index (κ2) is 7.41. The zero-order chi connectivity index (χ0) is 14.4. The molecule has 1 N–H and O–H groups in total. The normalized spacial score (nSPS) is 11.3. The fourth-order valence-corrected chi connectivity index (χ4v) is 2.19. The number of nitrogens with zero attached hydrogens (tertiary/aromatic N) is 1. The lowest BCUT2D eigenvalue weighted by atomic mass is 10.0. The smallest absolute Gasteiger partial charge is 0.177 e. The van der Waals surface area contributed by atoms with E-state index >= 15 is 0 Å². The van der Waals surface area contributed by atoms with E-state index in [0.29, 0.717) is 19.0 Å². The van der Waals surface area contributed by atoms with E-state index in [1.165, 1.54) is 5.56 Å². The van der Waals surface area contributed by atoms with Crippen LogP contribution in [0.3, 0.4) is 0 Å². The van der Waals surface area contributed by atoms with Gasteiger partial charge < -0.3 is 5.11 Å². The van der Waals surface area contributed by atoms with Gasteiger partial charge in [-0.25, -0.2) is 0 Å². The Morgan fingerprint density at radius 2 is 2.00 bits per heavy atom. The molecule has 0 saturated carbocycles. The number of benzene rings is 1. The SMILES string of the molecule is Cc1ccc(C(=O)CN(CCCO)C(C)C)c(C)c1. The molecule has 0 heterocycles. The summed E-state index contributed by atoms with van der Waals surface area (Å²) in [5.74, 6) is 0.157. The molecule has 0 fully saturated rings. The number of aryl methyl sites for hydroxylation is 2. The molecule has 1 aromatic carbocycles. The van der Waals surface area contributed by atoms with Gasteiger partial charge in [-0.05, 0) is 39.7 Å². The first-order chi connectivity index (χ1) is 8.95. The zero-order valence-electron chi connectivity index (χ0n) is 12.4. The Morgan fingerprint density at radius 1 is 1.32 bits per heavy atom. The molecule has 1 rings (SSSR count). The molecule has 0 bridgehead atoms. The topological polar surface area (TPSA) is 40.5 Å². The molecule has 0 aliphatic rings. The summed E-state index contributed by atoms with van der Waals surface area (Å²) in [7, 11) is 0. The van der Waals surface area contributed by atoms with E-state index in [0.717, 1.165) is 17.7 Å². The summed E-state index contributed by atoms with van der Waals surface area (Å²) in [5.41, 5.74) is 3.02. The number of carbonyl (C=O) groups excluding carboxylic acids is 1. The first kappa shape index (κ1) is 15.9. The van der Waals surface area contributed by atoms with Crippen molar-refractivity contribution in [2.24, 2.45) is 0 Å². The summed E-state index contributed by atoms with van der Waals surface area (Å²) in [6, 6.07) is 6.24. The van der Waals surface area contributed by atoms with E-state index < -0.39 is 0 Å². The Bertz CT molecular complexity index is 427. The maximum absolute atomic E-state index is 12.4. The fourth-order valence-electron chi connectivity index (χ4n) is 2.19. The molecule has 0 unspecified atom stereocenters. The van der Waals surface area contributed by atoms with Gasteiger partial charge in [0.15, 0.2) is 5.78 Å². The highest BCUT2D eigenvalue weighted by atomic mass is 16.3. The van der Waals surface area contributed by atoms with E-state index in [2.05, 4.69) is 18.7 Å². The first-order valence-corrected chi connectivity index (χ1v) is 6.91. The Morgan fingerprint density at radius 3 is 2.53 bits per heavy atom. The number of ketones is 1. The number of aliphatic hydroxyl groups is 1. The molecule has 0 aliphatic carbocycles. The third-order valence-electron chi connectivity index (χ3n) is 3.36. The standard InChI is InChI=1S/C16H25NO2/c1-12(2)17(8-5-9-18)11-16(19)15-7-6-13(3)10-14(15)4/h6-7,10,12,18H,5,8-9,11H2,1-4H3. The lowest BCUT2D eigenvalue weighted by molar-refractivity contribution is 0.0896. The molecule has 3 nitrogen and oxygen atoms in total. The predicted molar refractivity (Wildman–Crippen MR) is 78.7 cm³/mol. The number of aliphatic hydroxyl groups excluding tert-OH is 1. The quantitative estimate of drug-likeness (QED) is 0.769. The number of Topliss-reactive ketones (excluding diaryl/α,β-unsaturated/α-hetero) is 1. The summed E-state index contributed by atoms with van der Waals surface area (Å²) in [4.78, 5) is 14.5. The third-order valence-corrected chi connectivity index (χ3v) is 3.36. The molecule has 19 heavy (non-hydrogen) atoms. The predicted octanol–water partition coefficient (Wildman–Crippen LogP) is 2.58. The zero-order valence-corrected chi connectivity index (χ0v) is 12.4. The van der Waals surface area contributed by atoms with Crippen molar-refractivity contribution >= 4 is 5.78 Å². The van der Waals surface area contributed by atoms with Crippen LogP contribution in [0.4, 0.5) is 0 Å². The monoisotopic (exact) mass is 263 g/mol. The van der Waals surface area contributed by atoms with Gasteiger partial charge in [0.1, 0.15) is 0 Å². The van der Waals surface area contributed by atoms with Crippen LogP contribution in [-0.2, 0) is 0 Å². The molecule has 0 amide bonds. The highest BCUT2D eigenvalue weighted by molar-refractivity contribution is 5.99. The lowest BCUT2D eigenvalue weighted by Crippen LogP contribution is -2.37. The highest BCUT2D eigenvalue weighted by Crippen LogP contribution is 2.13. The molecule has 0 spiro atoms. The molecule has 0 aliphatic heterocycles. The maximum Gasteiger partial charge on any atom is 0.177 e. The van der Waals surface area contributed by atoms with Gasteiger partial charge in [-0.3, -0.25) is 9.69 Å². The molecule has 0 atom stereocenters. The van der Waals surface area contributed by atoms with Crippen molar-refractivity contribution in [3.8, 4) is 0 Å². The minimum Gasteiger partial charge on any atom is -0.396 e. The molecule has 0 radical (unpaired) electrons. The van der Waals surface area contributed by atoms with E-state index in [-0.39, 0.29) is 12.4 Å². The second-order valence-corrected chi connectivity index (χ2v) is 5.38. The van der Waals surface area contributed by atoms with Gasteiger partial charge in [-0.2, -0.15) is 0 Å². The van der Waals surface area contributed by atoms with Crippen LogP contribution < -0.4 is 0 Å². The Balaban J connectivity index is 2.76. The number of carbonyl (C=O) groups is 1. The van der Waals surface area contributed by atoms with E-state index in [4.69, 9.17) is 5.11 Å². The Labute approximate surface area is 116 Å². The van der Waals surface area contributed by atoms with Crippen LogP contribution in [-0.4, -0.2) is 41.5 Å². The molecule has 3 heteroatoms. The van der Waals surface area contributed by atoms with Crippen LogP contribution >= 0.6 is 0 Å². The fraction of sp³-hybridized carbons (Fsp3) is 0.562. The molecule has 1 aromatic rings. The van der Waals surface area contributed by atoms with Crippen LogP contribution in [0.5, 0.6) is 0 Å². The molecular weight excluding hydrogens is 238 g/mol. The molecule has 0 aromatic heterocycles. The Kier molecular flexibility index (Phi) is 6.19. The molecule has 106 valence electrons. The van der Waals surface area contributed by atoms with E-state index in [9.17, 15) is 4.79 Å². The number of hydrogen-bond acceptors (Lipinski definition) is 3. The second-order valence-electron chi connectivity index (χ2n) is 5.38. The van der Waals surface area contributed by atoms with Crippen molar-refractivity contribution < 1.29 is 9.90 Å². The van der Waals surface area contributed by atoms with Gasteiger partial charge in [-0.15, -0.1) is 0 Å². The van der Waals surface area contributed by atoms with Crippen molar-refractivity contribution in [1.82, 2.24) is 4.90 Å². The number of hydrogen-bond donors (Lipinski definition) is 1. The largest absolute Gasteiger partial charge is 0.396 e. The van der Waals surface area contributed by atoms with Crippen molar-refractivity contribution in [3.05, 3.63) is 34.9 Å². The van der Waals surface area contributed by atoms with Gasteiger partial charge in [0, 0.05) is 24.8 Å². The lowest BCUT2D eigenvalue weighted by Gasteiger charge is -2.25. The summed E-state index contributed by atoms with van der Waals surface area (Å²) < 4.78 is 0. The van der Waals surface area contributed by atoms with Gasteiger partial charge in [0.2, 0.25) is 0 Å². The van der Waals surface area contributed by atoms with Gasteiger partial charge in [-0.1, -0.05) is 23.8 Å². The summed E-state index contributed by atoms with van der Waals surface area (Å²) in [6.45, 7) is 9.50. The van der Waals surface area contributed by atoms with Crippen LogP contribution in [0, 0.1) is 13.8 Å². The molecular formula is C16H25NO2. The average molecular weight is 263 g/mol. The van der Waals surface area contributed by atoms with Crippen molar-refractivity contribution in [3.63, 3.8) is 0 Å². The van der Waals surface area contributed by atoms with Crippen molar-refractivity contribution in [2.75, 3.05) is 19.7 Å². The minimum absolute atomic E-state index is 0.157. The summed E-state index contributed by atoms with van der Waals surface area (Å²) in [6.07, 6.45) is 0.707. The van der Waals surface area contributed by atoms with Crippen LogP contribution in [0.15, 0.2) is 18.2 Å². The van der Waals surface area contributed by atoms with Gasteiger partial charge in [0.25, 0.3) is 0 Å². The van der Waals surface area contributed by atoms with Crippen molar-refractivity contribution in [1.29, 1.82) is 0 Å². The Hall–Kier alpha value is -1.19. The van der Waals surface area contributed by atoms with E-state index in [1.54, 1.807) is 0 Å².